The van der Waals surface area contributed by atoms with E-state index in [0.29, 0.717) is 19.4 Å². The van der Waals surface area contributed by atoms with Gasteiger partial charge in [-0.05, 0) is 38.0 Å². The molecule has 0 spiro atoms. The zero-order valence-electron chi connectivity index (χ0n) is 11.2. The Balaban J connectivity index is 2.25. The SMILES string of the molecule is CC1(C(=O)O)CCCN(C(=O)c2cc(O)ccc2O)C1. The average molecular weight is 279 g/mol. The van der Waals surface area contributed by atoms with Crippen LogP contribution in [0.25, 0.3) is 0 Å². The van der Waals surface area contributed by atoms with Crippen molar-refractivity contribution in [2.45, 2.75) is 19.8 Å². The molecule has 3 N–H and O–H groups in total. The van der Waals surface area contributed by atoms with E-state index in [2.05, 4.69) is 0 Å². The summed E-state index contributed by atoms with van der Waals surface area (Å²) in [4.78, 5) is 25.0. The van der Waals surface area contributed by atoms with Crippen molar-refractivity contribution in [2.75, 3.05) is 13.1 Å². The molecular formula is C14H17NO5. The number of benzene rings is 1. The van der Waals surface area contributed by atoms with Gasteiger partial charge in [-0.3, -0.25) is 9.59 Å². The number of carboxylic acids is 1. The highest BCUT2D eigenvalue weighted by Gasteiger charge is 2.39. The number of phenols is 2. The van der Waals surface area contributed by atoms with E-state index in [1.807, 2.05) is 0 Å². The fraction of sp³-hybridized carbons (Fsp3) is 0.429. The molecule has 1 amide bonds. The molecule has 1 atom stereocenters. The fourth-order valence-electron chi connectivity index (χ4n) is 2.45. The molecule has 0 saturated carbocycles. The molecule has 1 fully saturated rings. The normalized spacial score (nSPS) is 22.6. The fourth-order valence-corrected chi connectivity index (χ4v) is 2.45. The molecule has 1 aromatic carbocycles. The predicted molar refractivity (Wildman–Crippen MR) is 70.7 cm³/mol. The highest BCUT2D eigenvalue weighted by atomic mass is 16.4. The zero-order chi connectivity index (χ0) is 14.9. The first-order valence-corrected chi connectivity index (χ1v) is 6.38. The van der Waals surface area contributed by atoms with Crippen LogP contribution in [-0.2, 0) is 4.79 Å². The van der Waals surface area contributed by atoms with Crippen molar-refractivity contribution in [2.24, 2.45) is 5.41 Å². The number of hydrogen-bond acceptors (Lipinski definition) is 4. The lowest BCUT2D eigenvalue weighted by Gasteiger charge is -2.37. The van der Waals surface area contributed by atoms with Gasteiger partial charge in [0.05, 0.1) is 11.0 Å². The van der Waals surface area contributed by atoms with E-state index in [9.17, 15) is 24.9 Å². The summed E-state index contributed by atoms with van der Waals surface area (Å²) in [6.07, 6.45) is 1.10. The van der Waals surface area contributed by atoms with Gasteiger partial charge in [0.15, 0.2) is 0 Å². The Labute approximate surface area is 116 Å². The minimum atomic E-state index is -0.972. The Hall–Kier alpha value is -2.24. The van der Waals surface area contributed by atoms with Gasteiger partial charge in [0.1, 0.15) is 11.5 Å². The lowest BCUT2D eigenvalue weighted by molar-refractivity contribution is -0.150. The minimum absolute atomic E-state index is 0.0142. The van der Waals surface area contributed by atoms with Crippen LogP contribution in [-0.4, -0.2) is 45.2 Å². The van der Waals surface area contributed by atoms with Crippen molar-refractivity contribution in [1.82, 2.24) is 4.90 Å². The van der Waals surface area contributed by atoms with Gasteiger partial charge >= 0.3 is 5.97 Å². The maximum Gasteiger partial charge on any atom is 0.311 e. The molecule has 0 bridgehead atoms. The average Bonchev–Trinajstić information content (AvgIpc) is 2.40. The summed E-state index contributed by atoms with van der Waals surface area (Å²) >= 11 is 0. The number of amides is 1. The summed E-state index contributed by atoms with van der Waals surface area (Å²) in [5.74, 6) is -1.75. The standard InChI is InChI=1S/C14H17NO5/c1-14(13(19)20)5-2-6-15(8-14)12(18)10-7-9(16)3-4-11(10)17/h3-4,7,16-17H,2,5-6,8H2,1H3,(H,19,20). The molecule has 0 aromatic heterocycles. The number of piperidine rings is 1. The van der Waals surface area contributed by atoms with E-state index >= 15 is 0 Å². The van der Waals surface area contributed by atoms with E-state index < -0.39 is 17.3 Å². The lowest BCUT2D eigenvalue weighted by Crippen LogP contribution is -2.48. The van der Waals surface area contributed by atoms with Gasteiger partial charge in [-0.25, -0.2) is 0 Å². The molecule has 6 heteroatoms. The molecule has 0 radical (unpaired) electrons. The summed E-state index contributed by atoms with van der Waals surface area (Å²) in [6.45, 7) is 2.14. The highest BCUT2D eigenvalue weighted by Crippen LogP contribution is 2.32. The molecule has 1 aliphatic rings. The lowest BCUT2D eigenvalue weighted by atomic mass is 9.82. The Bertz CT molecular complexity index is 556. The van der Waals surface area contributed by atoms with E-state index in [4.69, 9.17) is 0 Å². The van der Waals surface area contributed by atoms with Crippen molar-refractivity contribution in [3.8, 4) is 11.5 Å². The number of hydrogen-bond donors (Lipinski definition) is 3. The molecule has 1 heterocycles. The molecule has 2 rings (SSSR count). The molecule has 1 unspecified atom stereocenters. The Morgan fingerprint density at radius 3 is 2.65 bits per heavy atom. The molecule has 20 heavy (non-hydrogen) atoms. The molecule has 1 aliphatic heterocycles. The van der Waals surface area contributed by atoms with Crippen LogP contribution in [0.5, 0.6) is 11.5 Å². The van der Waals surface area contributed by atoms with Gasteiger partial charge in [-0.15, -0.1) is 0 Å². The summed E-state index contributed by atoms with van der Waals surface area (Å²) in [5.41, 5.74) is -0.986. The monoisotopic (exact) mass is 279 g/mol. The van der Waals surface area contributed by atoms with Crippen LogP contribution in [0.2, 0.25) is 0 Å². The molecule has 1 aromatic rings. The van der Waals surface area contributed by atoms with Gasteiger partial charge in [-0.2, -0.15) is 0 Å². The van der Waals surface area contributed by atoms with Crippen LogP contribution in [0.15, 0.2) is 18.2 Å². The number of aliphatic carboxylic acids is 1. The highest BCUT2D eigenvalue weighted by molar-refractivity contribution is 5.97. The number of carboxylic acid groups (broad SMARTS) is 1. The van der Waals surface area contributed by atoms with Gasteiger partial charge < -0.3 is 20.2 Å². The number of carbonyl (C=O) groups is 2. The first-order chi connectivity index (χ1) is 9.33. The van der Waals surface area contributed by atoms with E-state index in [1.165, 1.54) is 23.1 Å². The second kappa shape index (κ2) is 5.03. The van der Waals surface area contributed by atoms with Crippen LogP contribution in [0.4, 0.5) is 0 Å². The number of nitrogens with zero attached hydrogens (tertiary/aromatic N) is 1. The summed E-state index contributed by atoms with van der Waals surface area (Å²) in [7, 11) is 0. The van der Waals surface area contributed by atoms with E-state index in [-0.39, 0.29) is 23.6 Å². The summed E-state index contributed by atoms with van der Waals surface area (Å²) in [6, 6.07) is 3.71. The van der Waals surface area contributed by atoms with Crippen LogP contribution in [0, 0.1) is 5.41 Å². The molecule has 108 valence electrons. The largest absolute Gasteiger partial charge is 0.508 e. The van der Waals surface area contributed by atoms with E-state index in [0.717, 1.165) is 0 Å². The van der Waals surface area contributed by atoms with Crippen LogP contribution in [0.3, 0.4) is 0 Å². The number of likely N-dealkylation sites (tertiary alicyclic amines) is 1. The summed E-state index contributed by atoms with van der Waals surface area (Å²) in [5, 5.41) is 28.3. The molecular weight excluding hydrogens is 262 g/mol. The third kappa shape index (κ3) is 2.54. The van der Waals surface area contributed by atoms with Gasteiger partial charge in [0, 0.05) is 13.1 Å². The topological polar surface area (TPSA) is 98.1 Å². The molecule has 1 saturated heterocycles. The second-order valence-corrected chi connectivity index (χ2v) is 5.40. The van der Waals surface area contributed by atoms with Crippen LogP contribution >= 0.6 is 0 Å². The van der Waals surface area contributed by atoms with Crippen molar-refractivity contribution in [3.05, 3.63) is 23.8 Å². The second-order valence-electron chi connectivity index (χ2n) is 5.40. The van der Waals surface area contributed by atoms with Crippen LogP contribution < -0.4 is 0 Å². The van der Waals surface area contributed by atoms with E-state index in [1.54, 1.807) is 6.92 Å². The number of phenolic OH excluding ortho intramolecular Hbond substituents is 2. The third-order valence-electron chi connectivity index (χ3n) is 3.71. The van der Waals surface area contributed by atoms with Crippen molar-refractivity contribution in [1.29, 1.82) is 0 Å². The molecule has 0 aliphatic carbocycles. The quantitative estimate of drug-likeness (QED) is 0.711. The third-order valence-corrected chi connectivity index (χ3v) is 3.71. The summed E-state index contributed by atoms with van der Waals surface area (Å²) < 4.78 is 0. The van der Waals surface area contributed by atoms with Crippen molar-refractivity contribution in [3.63, 3.8) is 0 Å². The first kappa shape index (κ1) is 14.2. The number of aromatic hydroxyl groups is 2. The molecule has 6 nitrogen and oxygen atoms in total. The Morgan fingerprint density at radius 1 is 1.30 bits per heavy atom. The van der Waals surface area contributed by atoms with Gasteiger partial charge in [0.2, 0.25) is 0 Å². The Kier molecular flexibility index (Phi) is 3.57. The zero-order valence-corrected chi connectivity index (χ0v) is 11.2. The van der Waals surface area contributed by atoms with Gasteiger partial charge in [-0.1, -0.05) is 0 Å². The minimum Gasteiger partial charge on any atom is -0.508 e. The van der Waals surface area contributed by atoms with Crippen LogP contribution in [0.1, 0.15) is 30.1 Å². The predicted octanol–water partition coefficient (Wildman–Crippen LogP) is 1.42. The maximum atomic E-state index is 12.3. The van der Waals surface area contributed by atoms with Gasteiger partial charge in [0.25, 0.3) is 5.91 Å². The number of carbonyl (C=O) groups excluding carboxylic acids is 1. The smallest absolute Gasteiger partial charge is 0.311 e. The first-order valence-electron chi connectivity index (χ1n) is 6.38. The number of rotatable bonds is 2. The maximum absolute atomic E-state index is 12.3. The van der Waals surface area contributed by atoms with Crippen molar-refractivity contribution < 1.29 is 24.9 Å². The van der Waals surface area contributed by atoms with Crippen molar-refractivity contribution >= 4 is 11.9 Å². The Morgan fingerprint density at radius 2 is 2.00 bits per heavy atom.